The maximum Gasteiger partial charge on any atom is 0.271 e. The second-order valence-electron chi connectivity index (χ2n) is 3.82. The molecule has 7 heteroatoms. The molecular weight excluding hydrogens is 234 g/mol. The van der Waals surface area contributed by atoms with Crippen molar-refractivity contribution in [2.75, 3.05) is 6.54 Å². The van der Waals surface area contributed by atoms with Gasteiger partial charge in [-0.3, -0.25) is 10.1 Å². The van der Waals surface area contributed by atoms with Crippen molar-refractivity contribution in [3.05, 3.63) is 46.3 Å². The van der Waals surface area contributed by atoms with Crippen LogP contribution in [-0.4, -0.2) is 26.5 Å². The van der Waals surface area contributed by atoms with Crippen LogP contribution in [0.5, 0.6) is 0 Å². The Morgan fingerprint density at radius 3 is 3.00 bits per heavy atom. The predicted octanol–water partition coefficient (Wildman–Crippen LogP) is 1.07. The van der Waals surface area contributed by atoms with Gasteiger partial charge in [-0.2, -0.15) is 0 Å². The number of hydrogen-bond acceptors (Lipinski definition) is 5. The van der Waals surface area contributed by atoms with Gasteiger partial charge in [0, 0.05) is 12.1 Å². The van der Waals surface area contributed by atoms with Gasteiger partial charge in [0.15, 0.2) is 0 Å². The Morgan fingerprint density at radius 2 is 2.28 bits per heavy atom. The van der Waals surface area contributed by atoms with Gasteiger partial charge in [0.1, 0.15) is 0 Å². The Bertz CT molecular complexity index is 552. The van der Waals surface area contributed by atoms with E-state index in [4.69, 9.17) is 5.73 Å². The average Bonchev–Trinajstić information content (AvgIpc) is 2.85. The third-order valence-corrected chi connectivity index (χ3v) is 2.48. The number of benzene rings is 1. The number of rotatable bonds is 5. The molecule has 0 aliphatic rings. The number of hydrogen-bond donors (Lipinski definition) is 1. The highest BCUT2D eigenvalue weighted by atomic mass is 16.6. The lowest BCUT2D eigenvalue weighted by molar-refractivity contribution is -0.384. The highest BCUT2D eigenvalue weighted by molar-refractivity contribution is 5.42. The van der Waals surface area contributed by atoms with E-state index < -0.39 is 4.92 Å². The van der Waals surface area contributed by atoms with Crippen molar-refractivity contribution in [2.24, 2.45) is 5.73 Å². The number of nitrogens with zero attached hydrogens (tertiary/aromatic N) is 4. The first-order chi connectivity index (χ1) is 8.70. The predicted molar refractivity (Wildman–Crippen MR) is 65.4 cm³/mol. The van der Waals surface area contributed by atoms with Crippen LogP contribution in [0.25, 0.3) is 5.69 Å². The van der Waals surface area contributed by atoms with Gasteiger partial charge >= 0.3 is 0 Å². The van der Waals surface area contributed by atoms with Crippen molar-refractivity contribution < 1.29 is 4.92 Å². The van der Waals surface area contributed by atoms with Crippen molar-refractivity contribution in [2.45, 2.75) is 12.8 Å². The van der Waals surface area contributed by atoms with Crippen molar-refractivity contribution in [1.82, 2.24) is 15.0 Å². The largest absolute Gasteiger partial charge is 0.330 e. The van der Waals surface area contributed by atoms with E-state index in [0.717, 1.165) is 18.5 Å². The normalized spacial score (nSPS) is 10.5. The van der Waals surface area contributed by atoms with E-state index in [1.807, 2.05) is 0 Å². The van der Waals surface area contributed by atoms with E-state index >= 15 is 0 Å². The average molecular weight is 247 g/mol. The molecule has 0 atom stereocenters. The first-order valence-electron chi connectivity index (χ1n) is 5.57. The lowest BCUT2D eigenvalue weighted by Crippen LogP contribution is -2.00. The molecule has 2 rings (SSSR count). The smallest absolute Gasteiger partial charge is 0.271 e. The Morgan fingerprint density at radius 1 is 1.44 bits per heavy atom. The van der Waals surface area contributed by atoms with Crippen LogP contribution >= 0.6 is 0 Å². The summed E-state index contributed by atoms with van der Waals surface area (Å²) in [6, 6.07) is 6.26. The number of aryl methyl sites for hydroxylation is 1. The fourth-order valence-electron chi connectivity index (χ4n) is 1.57. The van der Waals surface area contributed by atoms with Crippen molar-refractivity contribution in [3.63, 3.8) is 0 Å². The van der Waals surface area contributed by atoms with E-state index in [9.17, 15) is 10.1 Å². The number of non-ortho nitro benzene ring substituents is 1. The van der Waals surface area contributed by atoms with Gasteiger partial charge in [-0.05, 0) is 25.5 Å². The zero-order valence-electron chi connectivity index (χ0n) is 9.69. The molecule has 1 aromatic heterocycles. The summed E-state index contributed by atoms with van der Waals surface area (Å²) in [5.74, 6) is 0. The van der Waals surface area contributed by atoms with Crippen LogP contribution in [0.15, 0.2) is 30.5 Å². The molecule has 0 saturated heterocycles. The first-order valence-corrected chi connectivity index (χ1v) is 5.57. The van der Waals surface area contributed by atoms with Gasteiger partial charge in [0.2, 0.25) is 0 Å². The minimum Gasteiger partial charge on any atom is -0.330 e. The highest BCUT2D eigenvalue weighted by Crippen LogP contribution is 2.16. The van der Waals surface area contributed by atoms with Gasteiger partial charge in [-0.1, -0.05) is 11.3 Å². The molecule has 0 aliphatic carbocycles. The molecule has 94 valence electrons. The SMILES string of the molecule is NCCCc1cn(-c2cccc([N+](=O)[O-])c2)nn1. The third kappa shape index (κ3) is 2.69. The fourth-order valence-corrected chi connectivity index (χ4v) is 1.57. The van der Waals surface area contributed by atoms with E-state index in [1.165, 1.54) is 16.8 Å². The minimum absolute atomic E-state index is 0.0338. The Kier molecular flexibility index (Phi) is 3.63. The summed E-state index contributed by atoms with van der Waals surface area (Å²) >= 11 is 0. The second-order valence-corrected chi connectivity index (χ2v) is 3.82. The number of nitro groups is 1. The zero-order valence-corrected chi connectivity index (χ0v) is 9.69. The molecule has 2 aromatic rings. The van der Waals surface area contributed by atoms with Gasteiger partial charge < -0.3 is 5.73 Å². The lowest BCUT2D eigenvalue weighted by atomic mass is 10.2. The first kappa shape index (κ1) is 12.2. The molecule has 18 heavy (non-hydrogen) atoms. The molecular formula is C11H13N5O2. The van der Waals surface area contributed by atoms with Gasteiger partial charge in [0.25, 0.3) is 5.69 Å². The van der Waals surface area contributed by atoms with Crippen LogP contribution in [-0.2, 0) is 6.42 Å². The summed E-state index contributed by atoms with van der Waals surface area (Å²) in [4.78, 5) is 10.2. The molecule has 1 heterocycles. The van der Waals surface area contributed by atoms with Crippen LogP contribution in [0.2, 0.25) is 0 Å². The summed E-state index contributed by atoms with van der Waals surface area (Å²) in [6.45, 7) is 0.601. The molecule has 0 bridgehead atoms. The Hall–Kier alpha value is -2.28. The van der Waals surface area contributed by atoms with Gasteiger partial charge in [-0.25, -0.2) is 4.68 Å². The van der Waals surface area contributed by atoms with Gasteiger partial charge in [0.05, 0.1) is 22.5 Å². The minimum atomic E-state index is -0.435. The van der Waals surface area contributed by atoms with E-state index in [-0.39, 0.29) is 5.69 Å². The Labute approximate surface area is 103 Å². The van der Waals surface area contributed by atoms with Crippen molar-refractivity contribution in [1.29, 1.82) is 0 Å². The summed E-state index contributed by atoms with van der Waals surface area (Å²) in [7, 11) is 0. The molecule has 0 fully saturated rings. The number of nitro benzene ring substituents is 1. The summed E-state index contributed by atoms with van der Waals surface area (Å²) in [5, 5.41) is 18.6. The van der Waals surface area contributed by atoms with Crippen LogP contribution in [0.1, 0.15) is 12.1 Å². The molecule has 2 N–H and O–H groups in total. The second kappa shape index (κ2) is 5.37. The van der Waals surface area contributed by atoms with E-state index in [0.29, 0.717) is 12.2 Å². The Balaban J connectivity index is 2.23. The van der Waals surface area contributed by atoms with E-state index in [1.54, 1.807) is 18.3 Å². The van der Waals surface area contributed by atoms with Crippen molar-refractivity contribution >= 4 is 5.69 Å². The lowest BCUT2D eigenvalue weighted by Gasteiger charge is -1.99. The van der Waals surface area contributed by atoms with Gasteiger partial charge in [-0.15, -0.1) is 5.10 Å². The van der Waals surface area contributed by atoms with E-state index in [2.05, 4.69) is 10.3 Å². The quantitative estimate of drug-likeness (QED) is 0.629. The molecule has 1 aromatic carbocycles. The zero-order chi connectivity index (χ0) is 13.0. The standard InChI is InChI=1S/C11H13N5O2/c12-6-2-3-9-8-15(14-13-9)10-4-1-5-11(7-10)16(17)18/h1,4-5,7-8H,2-3,6,12H2. The third-order valence-electron chi connectivity index (χ3n) is 2.48. The van der Waals surface area contributed by atoms with Crippen LogP contribution in [0, 0.1) is 10.1 Å². The summed E-state index contributed by atoms with van der Waals surface area (Å²) in [6.07, 6.45) is 3.35. The molecule has 0 saturated carbocycles. The molecule has 7 nitrogen and oxygen atoms in total. The van der Waals surface area contributed by atoms with Crippen LogP contribution in [0.3, 0.4) is 0 Å². The topological polar surface area (TPSA) is 99.9 Å². The molecule has 0 radical (unpaired) electrons. The molecule has 0 amide bonds. The monoisotopic (exact) mass is 247 g/mol. The molecule has 0 unspecified atom stereocenters. The van der Waals surface area contributed by atoms with Crippen LogP contribution < -0.4 is 5.73 Å². The number of aromatic nitrogens is 3. The summed E-state index contributed by atoms with van der Waals surface area (Å²) in [5.41, 5.74) is 6.90. The maximum atomic E-state index is 10.7. The highest BCUT2D eigenvalue weighted by Gasteiger charge is 2.08. The molecule has 0 aliphatic heterocycles. The fraction of sp³-hybridized carbons (Fsp3) is 0.273. The molecule has 0 spiro atoms. The summed E-state index contributed by atoms with van der Waals surface area (Å²) < 4.78 is 1.53. The van der Waals surface area contributed by atoms with Crippen LogP contribution in [0.4, 0.5) is 5.69 Å². The maximum absolute atomic E-state index is 10.7. The van der Waals surface area contributed by atoms with Crippen molar-refractivity contribution in [3.8, 4) is 5.69 Å². The number of nitrogens with two attached hydrogens (primary N) is 1.